The summed E-state index contributed by atoms with van der Waals surface area (Å²) in [4.78, 5) is 20.3. The Kier molecular flexibility index (Phi) is 15.5. The van der Waals surface area contributed by atoms with Crippen molar-refractivity contribution in [1.82, 2.24) is 0 Å². The zero-order valence-corrected chi connectivity index (χ0v) is 11.2. The maximum absolute atomic E-state index is 10.5. The van der Waals surface area contributed by atoms with Crippen molar-refractivity contribution >= 4 is 11.8 Å². The number of esters is 1. The topological polar surface area (TPSA) is 43.4 Å². The number of rotatable bonds is 7. The summed E-state index contributed by atoms with van der Waals surface area (Å²) in [6.45, 7) is 7.52. The first-order chi connectivity index (χ1) is 7.54. The third-order valence-corrected chi connectivity index (χ3v) is 1.98. The van der Waals surface area contributed by atoms with Crippen LogP contribution in [0.3, 0.4) is 0 Å². The molecule has 0 bridgehead atoms. The van der Waals surface area contributed by atoms with Gasteiger partial charge >= 0.3 is 5.97 Å². The second-order valence-electron chi connectivity index (χ2n) is 3.79. The molecule has 0 atom stereocenters. The lowest BCUT2D eigenvalue weighted by Crippen LogP contribution is -1.95. The summed E-state index contributed by atoms with van der Waals surface area (Å²) in [5, 5.41) is 0. The van der Waals surface area contributed by atoms with Crippen LogP contribution in [0.2, 0.25) is 0 Å². The minimum absolute atomic E-state index is 0.211. The molecule has 0 unspecified atom stereocenters. The number of hydrogen-bond donors (Lipinski definition) is 0. The summed E-state index contributed by atoms with van der Waals surface area (Å²) >= 11 is 0. The molecule has 0 aliphatic heterocycles. The molecule has 3 nitrogen and oxygen atoms in total. The Morgan fingerprint density at radius 2 is 1.50 bits per heavy atom. The van der Waals surface area contributed by atoms with Crippen LogP contribution >= 0.6 is 0 Å². The number of Topliss-reactive ketones (excluding diaryl/α,β-unsaturated/α-hetero) is 1. The van der Waals surface area contributed by atoms with Gasteiger partial charge < -0.3 is 9.53 Å². The van der Waals surface area contributed by atoms with Gasteiger partial charge in [0.25, 0.3) is 0 Å². The molecule has 0 spiro atoms. The first-order valence-corrected chi connectivity index (χ1v) is 6.17. The molecule has 0 amide bonds. The number of unbranched alkanes of at least 4 members (excludes halogenated alkanes) is 4. The van der Waals surface area contributed by atoms with Crippen LogP contribution in [0.5, 0.6) is 0 Å². The summed E-state index contributed by atoms with van der Waals surface area (Å²) in [5.41, 5.74) is 0. The fourth-order valence-electron chi connectivity index (χ4n) is 1.18. The van der Waals surface area contributed by atoms with Gasteiger partial charge in [0.1, 0.15) is 5.78 Å². The van der Waals surface area contributed by atoms with E-state index in [0.717, 1.165) is 12.8 Å². The normalized spacial score (nSPS) is 9.00. The Balaban J connectivity index is 0. The lowest BCUT2D eigenvalue weighted by Gasteiger charge is -1.95. The highest BCUT2D eigenvalue weighted by atomic mass is 16.5. The van der Waals surface area contributed by atoms with Crippen molar-refractivity contribution in [2.45, 2.75) is 66.2 Å². The highest BCUT2D eigenvalue weighted by Gasteiger charge is 1.92. The molecule has 3 heteroatoms. The average molecular weight is 230 g/mol. The lowest BCUT2D eigenvalue weighted by atomic mass is 10.1. The SMILES string of the molecule is CCCCCCCC(C)=O.CCOC(C)=O. The molecule has 0 N–H and O–H groups in total. The van der Waals surface area contributed by atoms with E-state index >= 15 is 0 Å². The van der Waals surface area contributed by atoms with Crippen molar-refractivity contribution < 1.29 is 14.3 Å². The highest BCUT2D eigenvalue weighted by molar-refractivity contribution is 5.75. The quantitative estimate of drug-likeness (QED) is 0.496. The van der Waals surface area contributed by atoms with E-state index in [1.54, 1.807) is 13.8 Å². The second-order valence-corrected chi connectivity index (χ2v) is 3.79. The third-order valence-electron chi connectivity index (χ3n) is 1.98. The van der Waals surface area contributed by atoms with Gasteiger partial charge in [-0.05, 0) is 20.3 Å². The molecule has 0 aromatic carbocycles. The van der Waals surface area contributed by atoms with Crippen LogP contribution in [-0.2, 0) is 14.3 Å². The lowest BCUT2D eigenvalue weighted by molar-refractivity contribution is -0.140. The van der Waals surface area contributed by atoms with E-state index in [-0.39, 0.29) is 5.97 Å². The molecule has 0 heterocycles. The van der Waals surface area contributed by atoms with E-state index in [1.165, 1.54) is 32.6 Å². The van der Waals surface area contributed by atoms with Crippen molar-refractivity contribution in [2.75, 3.05) is 6.61 Å². The average Bonchev–Trinajstić information content (AvgIpc) is 2.17. The fraction of sp³-hybridized carbons (Fsp3) is 0.846. The molecule has 0 aromatic rings. The van der Waals surface area contributed by atoms with E-state index in [2.05, 4.69) is 11.7 Å². The first kappa shape index (κ1) is 17.5. The Hall–Kier alpha value is -0.860. The monoisotopic (exact) mass is 230 g/mol. The summed E-state index contributed by atoms with van der Waals surface area (Å²) in [6.07, 6.45) is 6.99. The summed E-state index contributed by atoms with van der Waals surface area (Å²) in [5.74, 6) is 0.119. The Morgan fingerprint density at radius 3 is 1.81 bits per heavy atom. The molecule has 0 fully saturated rings. The van der Waals surface area contributed by atoms with Crippen LogP contribution in [0.25, 0.3) is 0 Å². The minimum Gasteiger partial charge on any atom is -0.466 e. The molecule has 0 saturated heterocycles. The van der Waals surface area contributed by atoms with E-state index in [4.69, 9.17) is 0 Å². The smallest absolute Gasteiger partial charge is 0.302 e. The number of carbonyl (C=O) groups excluding carboxylic acids is 2. The fourth-order valence-corrected chi connectivity index (χ4v) is 1.18. The third kappa shape index (κ3) is 23.2. The zero-order chi connectivity index (χ0) is 12.8. The highest BCUT2D eigenvalue weighted by Crippen LogP contribution is 2.04. The van der Waals surface area contributed by atoms with Crippen LogP contribution in [0.15, 0.2) is 0 Å². The maximum Gasteiger partial charge on any atom is 0.302 e. The number of ether oxygens (including phenoxy) is 1. The van der Waals surface area contributed by atoms with Gasteiger partial charge in [-0.15, -0.1) is 0 Å². The van der Waals surface area contributed by atoms with Crippen LogP contribution in [0, 0.1) is 0 Å². The standard InChI is InChI=1S/C9H18O.C4H8O2/c1-3-4-5-6-7-8-9(2)10;1-3-6-4(2)5/h3-8H2,1-2H3;3H2,1-2H3. The van der Waals surface area contributed by atoms with Crippen molar-refractivity contribution in [3.8, 4) is 0 Å². The zero-order valence-electron chi connectivity index (χ0n) is 11.2. The second kappa shape index (κ2) is 14.1. The number of carbonyl (C=O) groups is 2. The van der Waals surface area contributed by atoms with Gasteiger partial charge in [-0.2, -0.15) is 0 Å². The van der Waals surface area contributed by atoms with E-state index in [9.17, 15) is 9.59 Å². The molecular formula is C13H26O3. The van der Waals surface area contributed by atoms with Gasteiger partial charge in [-0.25, -0.2) is 0 Å². The van der Waals surface area contributed by atoms with Crippen molar-refractivity contribution in [3.05, 3.63) is 0 Å². The van der Waals surface area contributed by atoms with Gasteiger partial charge in [-0.3, -0.25) is 4.79 Å². The van der Waals surface area contributed by atoms with Crippen LogP contribution in [0.1, 0.15) is 66.2 Å². The largest absolute Gasteiger partial charge is 0.466 e. The van der Waals surface area contributed by atoms with Gasteiger partial charge in [-0.1, -0.05) is 32.6 Å². The van der Waals surface area contributed by atoms with Crippen molar-refractivity contribution in [2.24, 2.45) is 0 Å². The Labute approximate surface area is 99.6 Å². The Morgan fingerprint density at radius 1 is 0.938 bits per heavy atom. The van der Waals surface area contributed by atoms with Crippen LogP contribution in [0.4, 0.5) is 0 Å². The molecule has 96 valence electrons. The molecule has 16 heavy (non-hydrogen) atoms. The molecule has 0 saturated carbocycles. The molecule has 0 rings (SSSR count). The van der Waals surface area contributed by atoms with Crippen LogP contribution in [-0.4, -0.2) is 18.4 Å². The predicted octanol–water partition coefficient (Wildman–Crippen LogP) is 3.51. The van der Waals surface area contributed by atoms with Crippen molar-refractivity contribution in [3.63, 3.8) is 0 Å². The van der Waals surface area contributed by atoms with Crippen LogP contribution < -0.4 is 0 Å². The molecule has 0 aromatic heterocycles. The van der Waals surface area contributed by atoms with E-state index in [0.29, 0.717) is 12.4 Å². The van der Waals surface area contributed by atoms with E-state index in [1.807, 2.05) is 0 Å². The van der Waals surface area contributed by atoms with Gasteiger partial charge in [0.15, 0.2) is 0 Å². The Bertz CT molecular complexity index is 176. The molecular weight excluding hydrogens is 204 g/mol. The van der Waals surface area contributed by atoms with Gasteiger partial charge in [0.05, 0.1) is 6.61 Å². The number of hydrogen-bond acceptors (Lipinski definition) is 3. The first-order valence-electron chi connectivity index (χ1n) is 6.17. The summed E-state index contributed by atoms with van der Waals surface area (Å²) in [6, 6.07) is 0. The molecule has 0 radical (unpaired) electrons. The molecule has 0 aliphatic rings. The maximum atomic E-state index is 10.5. The van der Waals surface area contributed by atoms with Gasteiger partial charge in [0, 0.05) is 13.3 Å². The number of ketones is 1. The van der Waals surface area contributed by atoms with Gasteiger partial charge in [0.2, 0.25) is 0 Å². The van der Waals surface area contributed by atoms with E-state index < -0.39 is 0 Å². The molecule has 0 aliphatic carbocycles. The van der Waals surface area contributed by atoms with Crippen molar-refractivity contribution in [1.29, 1.82) is 0 Å². The summed E-state index contributed by atoms with van der Waals surface area (Å²) in [7, 11) is 0. The minimum atomic E-state index is -0.211. The summed E-state index contributed by atoms with van der Waals surface area (Å²) < 4.78 is 4.40. The predicted molar refractivity (Wildman–Crippen MR) is 66.4 cm³/mol.